The van der Waals surface area contributed by atoms with E-state index in [9.17, 15) is 30.3 Å². The third kappa shape index (κ3) is 60.3. The van der Waals surface area contributed by atoms with Crippen molar-refractivity contribution in [3.63, 3.8) is 0 Å². The molecule has 1 heterocycles. The summed E-state index contributed by atoms with van der Waals surface area (Å²) in [6.07, 6.45) is 97.3. The van der Waals surface area contributed by atoms with Gasteiger partial charge in [0.15, 0.2) is 6.29 Å². The van der Waals surface area contributed by atoms with Crippen LogP contribution in [-0.4, -0.2) is 87.5 Å². The molecule has 1 aliphatic heterocycles. The molecular formula is C84H153NO8. The third-order valence-electron chi connectivity index (χ3n) is 19.0. The molecular weight excluding hydrogens is 1150 g/mol. The third-order valence-corrected chi connectivity index (χ3v) is 19.0. The number of carbonyl (C=O) groups excluding carboxylic acids is 1. The highest BCUT2D eigenvalue weighted by atomic mass is 16.7. The van der Waals surface area contributed by atoms with E-state index in [0.29, 0.717) is 6.42 Å². The monoisotopic (exact) mass is 1300 g/mol. The van der Waals surface area contributed by atoms with Crippen molar-refractivity contribution < 1.29 is 39.8 Å². The molecule has 542 valence electrons. The van der Waals surface area contributed by atoms with Crippen molar-refractivity contribution in [2.24, 2.45) is 0 Å². The Hall–Kier alpha value is -2.63. The van der Waals surface area contributed by atoms with E-state index in [1.807, 2.05) is 6.08 Å². The Morgan fingerprint density at radius 1 is 0.376 bits per heavy atom. The molecule has 1 fully saturated rings. The molecule has 6 N–H and O–H groups in total. The van der Waals surface area contributed by atoms with Gasteiger partial charge in [-0.2, -0.15) is 0 Å². The lowest BCUT2D eigenvalue weighted by Gasteiger charge is -2.40. The first-order valence-electron chi connectivity index (χ1n) is 40.3. The minimum Gasteiger partial charge on any atom is -0.394 e. The van der Waals surface area contributed by atoms with Crippen molar-refractivity contribution >= 4 is 5.91 Å². The van der Waals surface area contributed by atoms with E-state index >= 15 is 0 Å². The maximum absolute atomic E-state index is 13.2. The largest absolute Gasteiger partial charge is 0.394 e. The van der Waals surface area contributed by atoms with Gasteiger partial charge in [-0.3, -0.25) is 4.79 Å². The normalized spacial score (nSPS) is 18.0. The Kier molecular flexibility index (Phi) is 68.5. The lowest BCUT2D eigenvalue weighted by atomic mass is 9.99. The fraction of sp³-hybridized carbons (Fsp3) is 0.821. The summed E-state index contributed by atoms with van der Waals surface area (Å²) in [6.45, 7) is 3.72. The second-order valence-corrected chi connectivity index (χ2v) is 27.8. The fourth-order valence-electron chi connectivity index (χ4n) is 12.8. The zero-order valence-electron chi connectivity index (χ0n) is 61.0. The molecule has 0 radical (unpaired) electrons. The van der Waals surface area contributed by atoms with Gasteiger partial charge in [0.2, 0.25) is 5.91 Å². The highest BCUT2D eigenvalue weighted by molar-refractivity contribution is 5.76. The first-order valence-corrected chi connectivity index (χ1v) is 40.3. The van der Waals surface area contributed by atoms with Crippen molar-refractivity contribution in [3.8, 4) is 0 Å². The van der Waals surface area contributed by atoms with E-state index < -0.39 is 49.5 Å². The van der Waals surface area contributed by atoms with Crippen LogP contribution in [0.5, 0.6) is 0 Å². The minimum absolute atomic E-state index is 0.170. The van der Waals surface area contributed by atoms with Crippen LogP contribution in [0.25, 0.3) is 0 Å². The van der Waals surface area contributed by atoms with Gasteiger partial charge in [0, 0.05) is 6.42 Å². The lowest BCUT2D eigenvalue weighted by Crippen LogP contribution is -2.60. The summed E-state index contributed by atoms with van der Waals surface area (Å²) >= 11 is 0. The number of carbonyl (C=O) groups is 1. The van der Waals surface area contributed by atoms with Crippen LogP contribution in [0, 0.1) is 0 Å². The van der Waals surface area contributed by atoms with Gasteiger partial charge in [-0.05, 0) is 70.6 Å². The van der Waals surface area contributed by atoms with Crippen LogP contribution in [0.15, 0.2) is 85.1 Å². The maximum atomic E-state index is 13.2. The van der Waals surface area contributed by atoms with Gasteiger partial charge in [-0.15, -0.1) is 0 Å². The topological polar surface area (TPSA) is 149 Å². The van der Waals surface area contributed by atoms with E-state index in [4.69, 9.17) is 9.47 Å². The van der Waals surface area contributed by atoms with E-state index in [0.717, 1.165) is 77.0 Å². The standard InChI is InChI=1S/C84H153NO8/c1-3-5-7-9-11-13-15-17-19-21-23-25-27-29-31-33-34-35-36-37-38-39-40-41-42-43-44-46-48-50-52-54-56-58-60-62-64-66-68-70-72-74-80(88)85-77(76-92-84-83(91)82(90)81(89)79(75-86)93-84)78(87)73-71-69-67-65-63-61-59-57-55-53-51-49-47-45-32-30-28-26-24-22-20-18-16-14-12-10-8-6-4-2/h5,7,11,13,17,19,23,25,29,31,34-35,71,73,77-79,81-84,86-87,89-91H,3-4,6,8-10,12,14-16,18,20-22,24,26-28,30,32-33,36-70,72,74-76H2,1-2H3,(H,85,88)/b7-5-,13-11-,19-17-,25-23-,31-29-,35-34-,73-71+. The van der Waals surface area contributed by atoms with Crippen LogP contribution < -0.4 is 5.32 Å². The Labute approximate surface area is 575 Å². The highest BCUT2D eigenvalue weighted by Crippen LogP contribution is 2.24. The van der Waals surface area contributed by atoms with Gasteiger partial charge in [0.05, 0.1) is 25.4 Å². The number of unbranched alkanes of at least 4 members (excludes halogenated alkanes) is 49. The van der Waals surface area contributed by atoms with Crippen molar-refractivity contribution in [2.75, 3.05) is 13.2 Å². The van der Waals surface area contributed by atoms with E-state index in [1.54, 1.807) is 6.08 Å². The SMILES string of the molecule is CC/C=C\C/C=C\C/C=C\C/C=C\C/C=C\C/C=C\CCCCCCCCCCCCCCCCCCCCCCCCC(=O)NC(COC1OC(CO)C(O)C(O)C1O)C(O)/C=C/CCCCCCCCCCCCCCCCCCCCCCCCCCCCC. The van der Waals surface area contributed by atoms with Gasteiger partial charge in [-0.1, -0.05) is 394 Å². The number of ether oxygens (including phenoxy) is 2. The summed E-state index contributed by atoms with van der Waals surface area (Å²) in [5.74, 6) is -0.170. The molecule has 0 saturated carbocycles. The van der Waals surface area contributed by atoms with Crippen molar-refractivity contribution in [3.05, 3.63) is 85.1 Å². The zero-order valence-corrected chi connectivity index (χ0v) is 61.0. The molecule has 1 aliphatic rings. The summed E-state index contributed by atoms with van der Waals surface area (Å²) in [5.41, 5.74) is 0. The lowest BCUT2D eigenvalue weighted by molar-refractivity contribution is -0.302. The molecule has 0 aromatic heterocycles. The first-order chi connectivity index (χ1) is 45.8. The Bertz CT molecular complexity index is 1750. The number of nitrogens with one attached hydrogen (secondary N) is 1. The van der Waals surface area contributed by atoms with E-state index in [1.165, 1.54) is 289 Å². The predicted octanol–water partition coefficient (Wildman–Crippen LogP) is 23.2. The molecule has 1 saturated heterocycles. The van der Waals surface area contributed by atoms with E-state index in [2.05, 4.69) is 92.1 Å². The quantitative estimate of drug-likeness (QED) is 0.0261. The summed E-state index contributed by atoms with van der Waals surface area (Å²) in [4.78, 5) is 13.2. The molecule has 0 aromatic carbocycles. The number of hydrogen-bond acceptors (Lipinski definition) is 8. The van der Waals surface area contributed by atoms with Crippen LogP contribution in [-0.2, 0) is 14.3 Å². The molecule has 0 aliphatic carbocycles. The van der Waals surface area contributed by atoms with Gasteiger partial charge < -0.3 is 40.3 Å². The Balaban J connectivity index is 2.06. The number of allylic oxidation sites excluding steroid dienone is 13. The molecule has 0 bridgehead atoms. The maximum Gasteiger partial charge on any atom is 0.220 e. The number of aliphatic hydroxyl groups excluding tert-OH is 5. The van der Waals surface area contributed by atoms with Crippen LogP contribution in [0.1, 0.15) is 386 Å². The first kappa shape index (κ1) is 88.4. The van der Waals surface area contributed by atoms with Crippen LogP contribution in [0.4, 0.5) is 0 Å². The van der Waals surface area contributed by atoms with Crippen LogP contribution in [0.2, 0.25) is 0 Å². The summed E-state index contributed by atoms with van der Waals surface area (Å²) in [5, 5.41) is 54.9. The van der Waals surface area contributed by atoms with Crippen molar-refractivity contribution in [1.29, 1.82) is 0 Å². The van der Waals surface area contributed by atoms with Gasteiger partial charge in [-0.25, -0.2) is 0 Å². The van der Waals surface area contributed by atoms with Gasteiger partial charge >= 0.3 is 0 Å². The smallest absolute Gasteiger partial charge is 0.220 e. The second kappa shape index (κ2) is 72.1. The molecule has 7 atom stereocenters. The van der Waals surface area contributed by atoms with Crippen LogP contribution in [0.3, 0.4) is 0 Å². The van der Waals surface area contributed by atoms with E-state index in [-0.39, 0.29) is 12.5 Å². The van der Waals surface area contributed by atoms with Gasteiger partial charge in [0.1, 0.15) is 24.4 Å². The average Bonchev–Trinajstić information content (AvgIpc) is 1.00. The molecule has 7 unspecified atom stereocenters. The molecule has 1 rings (SSSR count). The molecule has 9 heteroatoms. The summed E-state index contributed by atoms with van der Waals surface area (Å²) in [6, 6.07) is -0.808. The minimum atomic E-state index is -1.57. The Morgan fingerprint density at radius 3 is 0.989 bits per heavy atom. The molecule has 9 nitrogen and oxygen atoms in total. The number of aliphatic hydroxyl groups is 5. The number of rotatable bonds is 71. The average molecular weight is 1310 g/mol. The van der Waals surface area contributed by atoms with Crippen LogP contribution >= 0.6 is 0 Å². The molecule has 0 spiro atoms. The highest BCUT2D eigenvalue weighted by Gasteiger charge is 2.44. The summed E-state index contributed by atoms with van der Waals surface area (Å²) < 4.78 is 11.4. The summed E-state index contributed by atoms with van der Waals surface area (Å²) in [7, 11) is 0. The second-order valence-electron chi connectivity index (χ2n) is 27.8. The molecule has 0 aromatic rings. The van der Waals surface area contributed by atoms with Crippen molar-refractivity contribution in [1.82, 2.24) is 5.32 Å². The fourth-order valence-corrected chi connectivity index (χ4v) is 12.8. The van der Waals surface area contributed by atoms with Gasteiger partial charge in [0.25, 0.3) is 0 Å². The van der Waals surface area contributed by atoms with Crippen molar-refractivity contribution in [2.45, 2.75) is 429 Å². The molecule has 93 heavy (non-hydrogen) atoms. The predicted molar refractivity (Wildman–Crippen MR) is 401 cm³/mol. The Morgan fingerprint density at radius 2 is 0.667 bits per heavy atom. The zero-order chi connectivity index (χ0) is 67.1. The number of hydrogen-bond donors (Lipinski definition) is 6. The number of amides is 1. The molecule has 1 amide bonds.